The molecule has 0 radical (unpaired) electrons. The largest absolute Gasteiger partial charge is 0.416 e. The maximum atomic E-state index is 12.8. The molecule has 0 aromatic heterocycles. The Hall–Kier alpha value is -1.56. The van der Waals surface area contributed by atoms with E-state index < -0.39 is 11.7 Å². The molecule has 3 unspecified atom stereocenters. The lowest BCUT2D eigenvalue weighted by atomic mass is 9.89. The quantitative estimate of drug-likeness (QED) is 0.789. The van der Waals surface area contributed by atoms with E-state index in [0.717, 1.165) is 18.9 Å². The van der Waals surface area contributed by atoms with Gasteiger partial charge in [0.05, 0.1) is 5.56 Å². The van der Waals surface area contributed by atoms with Crippen molar-refractivity contribution >= 4 is 5.91 Å². The molecular weight excluding hydrogens is 341 g/mol. The lowest BCUT2D eigenvalue weighted by Gasteiger charge is -2.28. The molecule has 0 saturated carbocycles. The predicted molar refractivity (Wildman–Crippen MR) is 94.8 cm³/mol. The summed E-state index contributed by atoms with van der Waals surface area (Å²) in [6.45, 7) is 2.39. The van der Waals surface area contributed by atoms with Crippen LogP contribution in [0.2, 0.25) is 0 Å². The molecule has 144 valence electrons. The molecule has 1 aromatic carbocycles. The van der Waals surface area contributed by atoms with Gasteiger partial charge in [0.25, 0.3) is 0 Å². The molecule has 3 rings (SSSR count). The molecule has 26 heavy (non-hydrogen) atoms. The van der Waals surface area contributed by atoms with E-state index in [9.17, 15) is 18.0 Å². The molecule has 2 aliphatic heterocycles. The first-order valence-electron chi connectivity index (χ1n) is 9.51. The topological polar surface area (TPSA) is 41.1 Å². The van der Waals surface area contributed by atoms with Gasteiger partial charge in [0, 0.05) is 25.0 Å². The molecule has 3 nitrogen and oxygen atoms in total. The second-order valence-electron chi connectivity index (χ2n) is 7.84. The third kappa shape index (κ3) is 5.00. The van der Waals surface area contributed by atoms with E-state index in [-0.39, 0.29) is 11.8 Å². The number of carbonyl (C=O) groups excluding carboxylic acids is 1. The molecule has 2 fully saturated rings. The molecule has 1 amide bonds. The summed E-state index contributed by atoms with van der Waals surface area (Å²) in [7, 11) is 0. The Labute approximate surface area is 152 Å². The van der Waals surface area contributed by atoms with E-state index in [0.29, 0.717) is 43.0 Å². The monoisotopic (exact) mass is 368 g/mol. The van der Waals surface area contributed by atoms with Crippen molar-refractivity contribution in [1.29, 1.82) is 0 Å². The van der Waals surface area contributed by atoms with Crippen LogP contribution in [0, 0.1) is 5.92 Å². The van der Waals surface area contributed by atoms with E-state index in [1.165, 1.54) is 25.0 Å². The number of piperidine rings is 1. The number of fused-ring (bicyclic) bond motifs is 2. The smallest absolute Gasteiger partial charge is 0.356 e. The molecule has 1 aromatic rings. The fraction of sp³-hybridized carbons (Fsp3) is 0.650. The number of benzene rings is 1. The Balaban J connectivity index is 1.42. The van der Waals surface area contributed by atoms with Crippen LogP contribution in [-0.2, 0) is 11.0 Å². The lowest BCUT2D eigenvalue weighted by molar-refractivity contribution is -0.137. The van der Waals surface area contributed by atoms with Crippen molar-refractivity contribution in [2.45, 2.75) is 69.6 Å². The van der Waals surface area contributed by atoms with Gasteiger partial charge < -0.3 is 10.6 Å². The van der Waals surface area contributed by atoms with Crippen molar-refractivity contribution in [3.63, 3.8) is 0 Å². The van der Waals surface area contributed by atoms with Crippen LogP contribution in [0.3, 0.4) is 0 Å². The van der Waals surface area contributed by atoms with E-state index in [2.05, 4.69) is 10.6 Å². The number of hydrogen-bond acceptors (Lipinski definition) is 2. The van der Waals surface area contributed by atoms with E-state index >= 15 is 0 Å². The molecule has 2 N–H and O–H groups in total. The van der Waals surface area contributed by atoms with Crippen LogP contribution in [-0.4, -0.2) is 24.5 Å². The summed E-state index contributed by atoms with van der Waals surface area (Å²) in [5.74, 6) is 0.481. The fourth-order valence-corrected chi connectivity index (χ4v) is 4.29. The van der Waals surface area contributed by atoms with Gasteiger partial charge in [0.2, 0.25) is 5.91 Å². The van der Waals surface area contributed by atoms with Crippen LogP contribution in [0.5, 0.6) is 0 Å². The minimum absolute atomic E-state index is 0.0349. The minimum Gasteiger partial charge on any atom is -0.356 e. The summed E-state index contributed by atoms with van der Waals surface area (Å²) in [4.78, 5) is 12.2. The number of amides is 1. The van der Waals surface area contributed by atoms with Crippen LogP contribution in [0.25, 0.3) is 0 Å². The zero-order valence-corrected chi connectivity index (χ0v) is 15.1. The standard InChI is InChI=1S/C20H27F3N2O/c1-13(15-3-2-4-16(12-15)20(21,22)23)7-8-24-19(26)11-14-9-17-5-6-18(10-14)25-17/h2-4,12-14,17-18,25H,5-11H2,1H3,(H,24,26). The van der Waals surface area contributed by atoms with E-state index in [1.807, 2.05) is 6.92 Å². The summed E-state index contributed by atoms with van der Waals surface area (Å²) in [5.41, 5.74) is 0.0374. The van der Waals surface area contributed by atoms with Gasteiger partial charge in [-0.2, -0.15) is 13.2 Å². The molecule has 2 bridgehead atoms. The maximum absolute atomic E-state index is 12.8. The Morgan fingerprint density at radius 2 is 1.96 bits per heavy atom. The van der Waals surface area contributed by atoms with Crippen molar-refractivity contribution in [1.82, 2.24) is 10.6 Å². The average Bonchev–Trinajstić information content (AvgIpc) is 2.92. The highest BCUT2D eigenvalue weighted by Gasteiger charge is 2.34. The Kier molecular flexibility index (Phi) is 5.90. The first kappa shape index (κ1) is 19.2. The van der Waals surface area contributed by atoms with Gasteiger partial charge in [-0.1, -0.05) is 25.1 Å². The van der Waals surface area contributed by atoms with Gasteiger partial charge in [0.1, 0.15) is 0 Å². The summed E-state index contributed by atoms with van der Waals surface area (Å²) in [5, 5.41) is 6.52. The summed E-state index contributed by atoms with van der Waals surface area (Å²) >= 11 is 0. The van der Waals surface area contributed by atoms with Gasteiger partial charge in [0.15, 0.2) is 0 Å². The van der Waals surface area contributed by atoms with E-state index in [1.54, 1.807) is 6.07 Å². The summed E-state index contributed by atoms with van der Waals surface area (Å²) < 4.78 is 38.4. The van der Waals surface area contributed by atoms with Gasteiger partial charge in [-0.25, -0.2) is 0 Å². The molecule has 6 heteroatoms. The first-order valence-corrected chi connectivity index (χ1v) is 9.51. The minimum atomic E-state index is -4.32. The summed E-state index contributed by atoms with van der Waals surface area (Å²) in [6.07, 6.45) is 1.46. The van der Waals surface area contributed by atoms with Gasteiger partial charge in [-0.05, 0) is 55.6 Å². The van der Waals surface area contributed by atoms with Crippen molar-refractivity contribution in [2.24, 2.45) is 5.92 Å². The Bertz CT molecular complexity index is 620. The highest BCUT2D eigenvalue weighted by molar-refractivity contribution is 5.76. The molecule has 0 spiro atoms. The molecule has 2 aliphatic rings. The molecule has 3 atom stereocenters. The zero-order chi connectivity index (χ0) is 18.7. The SMILES string of the molecule is CC(CCNC(=O)CC1CC2CCC(C1)N2)c1cccc(C(F)(F)F)c1. The second-order valence-corrected chi connectivity index (χ2v) is 7.84. The predicted octanol–water partition coefficient (Wildman–Crippen LogP) is 4.24. The average molecular weight is 368 g/mol. The highest BCUT2D eigenvalue weighted by Crippen LogP contribution is 2.33. The van der Waals surface area contributed by atoms with Crippen molar-refractivity contribution in [3.05, 3.63) is 35.4 Å². The van der Waals surface area contributed by atoms with Crippen molar-refractivity contribution < 1.29 is 18.0 Å². The van der Waals surface area contributed by atoms with Crippen molar-refractivity contribution in [2.75, 3.05) is 6.54 Å². The van der Waals surface area contributed by atoms with Crippen molar-refractivity contribution in [3.8, 4) is 0 Å². The number of alkyl halides is 3. The Morgan fingerprint density at radius 3 is 2.62 bits per heavy atom. The number of carbonyl (C=O) groups is 1. The highest BCUT2D eigenvalue weighted by atomic mass is 19.4. The maximum Gasteiger partial charge on any atom is 0.416 e. The van der Waals surface area contributed by atoms with Gasteiger partial charge >= 0.3 is 6.18 Å². The number of rotatable bonds is 6. The molecular formula is C20H27F3N2O. The van der Waals surface area contributed by atoms with Gasteiger partial charge in [-0.15, -0.1) is 0 Å². The van der Waals surface area contributed by atoms with Crippen LogP contribution in [0.4, 0.5) is 13.2 Å². The fourth-order valence-electron chi connectivity index (χ4n) is 4.29. The van der Waals surface area contributed by atoms with E-state index in [4.69, 9.17) is 0 Å². The molecule has 2 saturated heterocycles. The number of halogens is 3. The first-order chi connectivity index (χ1) is 12.3. The van der Waals surface area contributed by atoms with Crippen LogP contribution in [0.15, 0.2) is 24.3 Å². The molecule has 0 aliphatic carbocycles. The van der Waals surface area contributed by atoms with Crippen LogP contribution >= 0.6 is 0 Å². The second kappa shape index (κ2) is 7.99. The van der Waals surface area contributed by atoms with Crippen LogP contribution in [0.1, 0.15) is 62.5 Å². The third-order valence-electron chi connectivity index (χ3n) is 5.73. The zero-order valence-electron chi connectivity index (χ0n) is 15.1. The number of hydrogen-bond donors (Lipinski definition) is 2. The summed E-state index contributed by atoms with van der Waals surface area (Å²) in [6, 6.07) is 6.60. The lowest BCUT2D eigenvalue weighted by Crippen LogP contribution is -2.39. The Morgan fingerprint density at radius 1 is 1.27 bits per heavy atom. The third-order valence-corrected chi connectivity index (χ3v) is 5.73. The molecule has 2 heterocycles. The normalized spacial score (nSPS) is 26.5. The van der Waals surface area contributed by atoms with Crippen LogP contribution < -0.4 is 10.6 Å². The van der Waals surface area contributed by atoms with Gasteiger partial charge in [-0.3, -0.25) is 4.79 Å². The number of nitrogens with one attached hydrogen (secondary N) is 2.